The quantitative estimate of drug-likeness (QED) is 0.766. The second-order valence-corrected chi connectivity index (χ2v) is 7.59. The molecule has 0 aliphatic carbocycles. The molecule has 0 spiro atoms. The minimum Gasteiger partial charge on any atom is -0.372 e. The van der Waals surface area contributed by atoms with E-state index in [2.05, 4.69) is 4.72 Å². The van der Waals surface area contributed by atoms with Crippen LogP contribution in [0.2, 0.25) is 0 Å². The average molecular weight is 365 g/mol. The number of ether oxygens (including phenoxy) is 1. The molecule has 0 radical (unpaired) electrons. The first-order valence-electron chi connectivity index (χ1n) is 7.60. The first-order chi connectivity index (χ1) is 11.7. The molecular weight excluding hydrogens is 345 g/mol. The molecule has 0 amide bonds. The van der Waals surface area contributed by atoms with Crippen molar-refractivity contribution in [2.24, 2.45) is 0 Å². The van der Waals surface area contributed by atoms with E-state index in [-0.39, 0.29) is 22.8 Å². The van der Waals surface area contributed by atoms with Crippen LogP contribution in [0.4, 0.5) is 4.39 Å². The summed E-state index contributed by atoms with van der Waals surface area (Å²) in [6, 6.07) is 11.8. The van der Waals surface area contributed by atoms with Crippen LogP contribution in [0, 0.1) is 5.82 Å². The van der Waals surface area contributed by atoms with Crippen molar-refractivity contribution in [1.29, 1.82) is 0 Å². The van der Waals surface area contributed by atoms with Gasteiger partial charge in [0.1, 0.15) is 11.4 Å². The van der Waals surface area contributed by atoms with Gasteiger partial charge in [0.15, 0.2) is 5.78 Å². The van der Waals surface area contributed by atoms with Gasteiger partial charge in [0.25, 0.3) is 0 Å². The van der Waals surface area contributed by atoms with E-state index in [0.717, 1.165) is 0 Å². The van der Waals surface area contributed by atoms with Crippen molar-refractivity contribution in [2.45, 2.75) is 24.3 Å². The Balaban J connectivity index is 2.27. The van der Waals surface area contributed by atoms with Crippen LogP contribution in [0.25, 0.3) is 0 Å². The molecule has 0 aliphatic heterocycles. The molecule has 7 heteroatoms. The van der Waals surface area contributed by atoms with Crippen LogP contribution in [0.5, 0.6) is 0 Å². The summed E-state index contributed by atoms with van der Waals surface area (Å²) in [5.74, 6) is -0.713. The van der Waals surface area contributed by atoms with Crippen molar-refractivity contribution in [3.8, 4) is 0 Å². The number of benzene rings is 2. The monoisotopic (exact) mass is 365 g/mol. The predicted molar refractivity (Wildman–Crippen MR) is 92.4 cm³/mol. The van der Waals surface area contributed by atoms with Crippen LogP contribution in [0.15, 0.2) is 53.4 Å². The number of carbonyl (C=O) groups is 1. The number of ketones is 1. The van der Waals surface area contributed by atoms with E-state index >= 15 is 0 Å². The minimum atomic E-state index is -3.89. The first-order valence-corrected chi connectivity index (χ1v) is 9.09. The van der Waals surface area contributed by atoms with Gasteiger partial charge in [0, 0.05) is 24.8 Å². The van der Waals surface area contributed by atoms with Gasteiger partial charge >= 0.3 is 0 Å². The molecule has 0 saturated carbocycles. The molecule has 1 atom stereocenters. The van der Waals surface area contributed by atoms with Crippen LogP contribution in [-0.4, -0.2) is 27.9 Å². The van der Waals surface area contributed by atoms with E-state index in [1.807, 2.05) is 0 Å². The van der Waals surface area contributed by atoms with Crippen LogP contribution in [-0.2, 0) is 20.4 Å². The van der Waals surface area contributed by atoms with Crippen molar-refractivity contribution in [3.05, 3.63) is 65.5 Å². The Hall–Kier alpha value is -2.09. The molecule has 1 N–H and O–H groups in total. The number of sulfonamides is 1. The summed E-state index contributed by atoms with van der Waals surface area (Å²) in [5, 5.41) is 0. The van der Waals surface area contributed by atoms with Gasteiger partial charge in [-0.05, 0) is 32.0 Å². The molecular formula is C18H20FNO4S. The van der Waals surface area contributed by atoms with Gasteiger partial charge < -0.3 is 4.74 Å². The molecule has 0 saturated heterocycles. The summed E-state index contributed by atoms with van der Waals surface area (Å²) < 4.78 is 46.9. The van der Waals surface area contributed by atoms with Gasteiger partial charge in [-0.25, -0.2) is 17.5 Å². The lowest BCUT2D eigenvalue weighted by molar-refractivity contribution is 0.00410. The molecule has 134 valence electrons. The fraction of sp³-hybridized carbons (Fsp3) is 0.278. The van der Waals surface area contributed by atoms with Gasteiger partial charge in [-0.3, -0.25) is 4.79 Å². The Kier molecular flexibility index (Phi) is 5.72. The van der Waals surface area contributed by atoms with Crippen molar-refractivity contribution in [3.63, 3.8) is 0 Å². The molecule has 0 bridgehead atoms. The highest BCUT2D eigenvalue weighted by atomic mass is 32.2. The number of Topliss-reactive ketones (excluding diaryl/α,β-unsaturated/α-hetero) is 1. The fourth-order valence-electron chi connectivity index (χ4n) is 2.37. The van der Waals surface area contributed by atoms with Gasteiger partial charge in [0.05, 0.1) is 4.90 Å². The van der Waals surface area contributed by atoms with Gasteiger partial charge in [-0.15, -0.1) is 0 Å². The number of hydrogen-bond acceptors (Lipinski definition) is 4. The van der Waals surface area contributed by atoms with Crippen LogP contribution in [0.1, 0.15) is 29.8 Å². The van der Waals surface area contributed by atoms with E-state index < -0.39 is 21.4 Å². The van der Waals surface area contributed by atoms with E-state index in [9.17, 15) is 17.6 Å². The molecule has 0 heterocycles. The summed E-state index contributed by atoms with van der Waals surface area (Å²) in [5.41, 5.74) is -0.638. The zero-order chi connectivity index (χ0) is 18.7. The Morgan fingerprint density at radius 3 is 2.48 bits per heavy atom. The minimum absolute atomic E-state index is 0.0350. The van der Waals surface area contributed by atoms with Crippen molar-refractivity contribution in [2.75, 3.05) is 13.7 Å². The van der Waals surface area contributed by atoms with Crippen molar-refractivity contribution < 1.29 is 22.3 Å². The maximum Gasteiger partial charge on any atom is 0.240 e. The highest BCUT2D eigenvalue weighted by Gasteiger charge is 2.31. The van der Waals surface area contributed by atoms with Gasteiger partial charge in [0.2, 0.25) is 10.0 Å². The number of rotatable bonds is 7. The molecule has 0 aromatic heterocycles. The average Bonchev–Trinajstić information content (AvgIpc) is 2.60. The standard InChI is InChI=1S/C18H20FNO4S/c1-13(21)14-7-6-8-15(11-14)25(22,23)20-12-18(2,24-3)16-9-4-5-10-17(16)19/h4-11,20H,12H2,1-3H3. The molecule has 2 rings (SSSR count). The van der Waals surface area contributed by atoms with E-state index in [0.29, 0.717) is 5.56 Å². The SMILES string of the molecule is COC(C)(CNS(=O)(=O)c1cccc(C(C)=O)c1)c1ccccc1F. The molecule has 0 fully saturated rings. The topological polar surface area (TPSA) is 72.5 Å². The van der Waals surface area contributed by atoms with E-state index in [1.54, 1.807) is 31.2 Å². The largest absolute Gasteiger partial charge is 0.372 e. The molecule has 2 aromatic rings. The molecule has 0 aliphatic rings. The Morgan fingerprint density at radius 1 is 1.20 bits per heavy atom. The third-order valence-electron chi connectivity index (χ3n) is 4.04. The number of carbonyl (C=O) groups excluding carboxylic acids is 1. The maximum atomic E-state index is 14.1. The second kappa shape index (κ2) is 7.43. The lowest BCUT2D eigenvalue weighted by Gasteiger charge is -2.29. The molecule has 1 unspecified atom stereocenters. The Morgan fingerprint density at radius 2 is 1.88 bits per heavy atom. The summed E-state index contributed by atoms with van der Waals surface area (Å²) in [6.07, 6.45) is 0. The van der Waals surface area contributed by atoms with Crippen molar-refractivity contribution in [1.82, 2.24) is 4.72 Å². The predicted octanol–water partition coefficient (Wildman–Crippen LogP) is 2.87. The van der Waals surface area contributed by atoms with Gasteiger partial charge in [-0.2, -0.15) is 0 Å². The smallest absolute Gasteiger partial charge is 0.240 e. The number of hydrogen-bond donors (Lipinski definition) is 1. The van der Waals surface area contributed by atoms with E-state index in [4.69, 9.17) is 4.74 Å². The van der Waals surface area contributed by atoms with Crippen molar-refractivity contribution >= 4 is 15.8 Å². The number of methoxy groups -OCH3 is 1. The third-order valence-corrected chi connectivity index (χ3v) is 5.44. The lowest BCUT2D eigenvalue weighted by atomic mass is 9.95. The van der Waals surface area contributed by atoms with Crippen LogP contribution < -0.4 is 4.72 Å². The fourth-order valence-corrected chi connectivity index (χ4v) is 3.54. The number of halogens is 1. The van der Waals surface area contributed by atoms with Crippen LogP contribution in [0.3, 0.4) is 0 Å². The zero-order valence-electron chi connectivity index (χ0n) is 14.2. The summed E-state index contributed by atoms with van der Waals surface area (Å²) in [4.78, 5) is 11.4. The number of nitrogens with one attached hydrogen (secondary N) is 1. The second-order valence-electron chi connectivity index (χ2n) is 5.82. The zero-order valence-corrected chi connectivity index (χ0v) is 15.1. The summed E-state index contributed by atoms with van der Waals surface area (Å²) in [7, 11) is -2.50. The van der Waals surface area contributed by atoms with E-state index in [1.165, 1.54) is 38.3 Å². The highest BCUT2D eigenvalue weighted by Crippen LogP contribution is 2.27. The highest BCUT2D eigenvalue weighted by molar-refractivity contribution is 7.89. The normalized spacial score (nSPS) is 14.1. The third kappa shape index (κ3) is 4.31. The molecule has 25 heavy (non-hydrogen) atoms. The van der Waals surface area contributed by atoms with Gasteiger partial charge in [-0.1, -0.05) is 30.3 Å². The maximum absolute atomic E-state index is 14.1. The first kappa shape index (κ1) is 19.2. The summed E-state index contributed by atoms with van der Waals surface area (Å²) in [6.45, 7) is 2.79. The molecule has 5 nitrogen and oxygen atoms in total. The Bertz CT molecular complexity index is 882. The Labute approximate surface area is 146 Å². The van der Waals surface area contributed by atoms with Crippen LogP contribution >= 0.6 is 0 Å². The summed E-state index contributed by atoms with van der Waals surface area (Å²) >= 11 is 0. The molecule has 2 aromatic carbocycles. The lowest BCUT2D eigenvalue weighted by Crippen LogP contribution is -2.40.